The molecule has 0 bridgehead atoms. The van der Waals surface area contributed by atoms with Crippen LogP contribution in [-0.2, 0) is 17.8 Å². The summed E-state index contributed by atoms with van der Waals surface area (Å²) in [5, 5.41) is 5.01. The topological polar surface area (TPSA) is 33.2 Å². The van der Waals surface area contributed by atoms with Crippen molar-refractivity contribution in [1.82, 2.24) is 9.88 Å². The Kier molecular flexibility index (Phi) is 6.04. The van der Waals surface area contributed by atoms with E-state index in [4.69, 9.17) is 0 Å². The fourth-order valence-electron chi connectivity index (χ4n) is 2.56. The highest BCUT2D eigenvalue weighted by molar-refractivity contribution is 9.10. The van der Waals surface area contributed by atoms with Crippen LogP contribution in [0.5, 0.6) is 0 Å². The van der Waals surface area contributed by atoms with Gasteiger partial charge in [-0.3, -0.25) is 4.79 Å². The fourth-order valence-corrected chi connectivity index (χ4v) is 4.89. The van der Waals surface area contributed by atoms with Gasteiger partial charge in [0.2, 0.25) is 5.91 Å². The van der Waals surface area contributed by atoms with Crippen LogP contribution < -0.4 is 0 Å². The number of halogens is 1. The highest BCUT2D eigenvalue weighted by Gasteiger charge is 2.16. The molecule has 0 fully saturated rings. The Morgan fingerprint density at radius 3 is 2.72 bits per heavy atom. The maximum Gasteiger partial charge on any atom is 0.228 e. The minimum Gasteiger partial charge on any atom is -0.338 e. The highest BCUT2D eigenvalue weighted by Crippen LogP contribution is 2.32. The van der Waals surface area contributed by atoms with Crippen LogP contribution in [0, 0.1) is 6.92 Å². The Bertz CT molecular complexity index is 872. The van der Waals surface area contributed by atoms with Gasteiger partial charge >= 0.3 is 0 Å². The average molecular weight is 435 g/mol. The Labute approximate surface area is 164 Å². The van der Waals surface area contributed by atoms with Crippen LogP contribution in [0.1, 0.15) is 23.7 Å². The van der Waals surface area contributed by atoms with E-state index in [1.807, 2.05) is 34.7 Å². The van der Waals surface area contributed by atoms with Gasteiger partial charge in [0.25, 0.3) is 0 Å². The van der Waals surface area contributed by atoms with Crippen molar-refractivity contribution in [3.63, 3.8) is 0 Å². The second-order valence-electron chi connectivity index (χ2n) is 5.78. The first kappa shape index (κ1) is 18.3. The molecule has 25 heavy (non-hydrogen) atoms. The summed E-state index contributed by atoms with van der Waals surface area (Å²) in [6, 6.07) is 10.3. The lowest BCUT2D eigenvalue weighted by atomic mass is 10.1. The molecule has 6 heteroatoms. The number of aryl methyl sites for hydroxylation is 1. The molecule has 1 amide bonds. The van der Waals surface area contributed by atoms with E-state index >= 15 is 0 Å². The predicted molar refractivity (Wildman–Crippen MR) is 109 cm³/mol. The van der Waals surface area contributed by atoms with Crippen molar-refractivity contribution in [3.8, 4) is 9.88 Å². The number of nitrogens with zero attached hydrogens (tertiary/aromatic N) is 2. The van der Waals surface area contributed by atoms with Gasteiger partial charge in [0, 0.05) is 28.3 Å². The van der Waals surface area contributed by atoms with Crippen LogP contribution in [0.2, 0.25) is 0 Å². The molecule has 0 atom stereocenters. The molecule has 0 saturated carbocycles. The molecule has 0 radical (unpaired) electrons. The lowest BCUT2D eigenvalue weighted by molar-refractivity contribution is -0.130. The summed E-state index contributed by atoms with van der Waals surface area (Å²) >= 11 is 6.71. The quantitative estimate of drug-likeness (QED) is 0.510. The second-order valence-corrected chi connectivity index (χ2v) is 8.47. The summed E-state index contributed by atoms with van der Waals surface area (Å²) in [5.74, 6) is 0.120. The van der Waals surface area contributed by atoms with Crippen LogP contribution in [0.15, 0.2) is 45.6 Å². The van der Waals surface area contributed by atoms with E-state index in [9.17, 15) is 4.79 Å². The molecule has 0 aliphatic heterocycles. The number of hydrogen-bond donors (Lipinski definition) is 0. The number of carbonyl (C=O) groups excluding carboxylic acids is 1. The number of thiazole rings is 1. The van der Waals surface area contributed by atoms with Gasteiger partial charge in [-0.25, -0.2) is 4.98 Å². The second kappa shape index (κ2) is 8.25. The van der Waals surface area contributed by atoms with Gasteiger partial charge < -0.3 is 4.90 Å². The minimum absolute atomic E-state index is 0.120. The van der Waals surface area contributed by atoms with E-state index in [2.05, 4.69) is 46.0 Å². The van der Waals surface area contributed by atoms with Crippen molar-refractivity contribution in [2.45, 2.75) is 26.8 Å². The van der Waals surface area contributed by atoms with Gasteiger partial charge in [-0.2, -0.15) is 0 Å². The molecule has 3 rings (SSSR count). The molecule has 3 nitrogen and oxygen atoms in total. The molecular formula is C19H19BrN2OS2. The van der Waals surface area contributed by atoms with Crippen molar-refractivity contribution in [2.75, 3.05) is 6.54 Å². The SMILES string of the molecule is CCN(Cc1ccccc1C)C(=O)Cc1csc(-c2cc(Br)cs2)n1. The molecule has 0 N–H and O–H groups in total. The smallest absolute Gasteiger partial charge is 0.228 e. The van der Waals surface area contributed by atoms with E-state index < -0.39 is 0 Å². The van der Waals surface area contributed by atoms with Crippen molar-refractivity contribution in [1.29, 1.82) is 0 Å². The Balaban J connectivity index is 1.68. The molecule has 0 aliphatic rings. The third-order valence-electron chi connectivity index (χ3n) is 4.02. The van der Waals surface area contributed by atoms with Gasteiger partial charge in [0.1, 0.15) is 5.01 Å². The van der Waals surface area contributed by atoms with Crippen molar-refractivity contribution in [2.24, 2.45) is 0 Å². The molecule has 0 aliphatic carbocycles. The maximum atomic E-state index is 12.7. The van der Waals surface area contributed by atoms with Crippen LogP contribution in [0.3, 0.4) is 0 Å². The Morgan fingerprint density at radius 2 is 2.04 bits per heavy atom. The van der Waals surface area contributed by atoms with Gasteiger partial charge in [-0.1, -0.05) is 24.3 Å². The number of carbonyl (C=O) groups is 1. The molecule has 3 aromatic rings. The number of rotatable bonds is 6. The minimum atomic E-state index is 0.120. The summed E-state index contributed by atoms with van der Waals surface area (Å²) in [6.45, 7) is 5.45. The van der Waals surface area contributed by atoms with Crippen LogP contribution in [0.25, 0.3) is 9.88 Å². The third kappa shape index (κ3) is 4.57. The molecule has 0 spiro atoms. The normalized spacial score (nSPS) is 10.8. The number of amides is 1. The lowest BCUT2D eigenvalue weighted by Gasteiger charge is -2.21. The molecular weight excluding hydrogens is 416 g/mol. The Morgan fingerprint density at radius 1 is 1.24 bits per heavy atom. The van der Waals surface area contributed by atoms with E-state index in [-0.39, 0.29) is 5.91 Å². The largest absolute Gasteiger partial charge is 0.338 e. The predicted octanol–water partition coefficient (Wildman–Crippen LogP) is 5.53. The van der Waals surface area contributed by atoms with Crippen molar-refractivity contribution in [3.05, 3.63) is 62.4 Å². The lowest BCUT2D eigenvalue weighted by Crippen LogP contribution is -2.31. The summed E-state index contributed by atoms with van der Waals surface area (Å²) in [5.41, 5.74) is 3.26. The van der Waals surface area contributed by atoms with E-state index in [0.717, 1.165) is 20.1 Å². The van der Waals surface area contributed by atoms with Crippen LogP contribution >= 0.6 is 38.6 Å². The number of likely N-dealkylation sites (N-methyl/N-ethyl adjacent to an activating group) is 1. The monoisotopic (exact) mass is 434 g/mol. The molecule has 0 unspecified atom stereocenters. The molecule has 1 aromatic carbocycles. The van der Waals surface area contributed by atoms with Gasteiger partial charge in [-0.15, -0.1) is 22.7 Å². The number of hydrogen-bond acceptors (Lipinski definition) is 4. The Hall–Kier alpha value is -1.50. The van der Waals surface area contributed by atoms with Crippen molar-refractivity contribution < 1.29 is 4.79 Å². The fraction of sp³-hybridized carbons (Fsp3) is 0.263. The maximum absolute atomic E-state index is 12.7. The summed E-state index contributed by atoms with van der Waals surface area (Å²) < 4.78 is 1.07. The van der Waals surface area contributed by atoms with Gasteiger partial charge in [0.15, 0.2) is 0 Å². The third-order valence-corrected chi connectivity index (χ3v) is 6.77. The van der Waals surface area contributed by atoms with Gasteiger partial charge in [-0.05, 0) is 47.0 Å². The standard InChI is InChI=1S/C19H19BrN2OS2/c1-3-22(10-14-7-5-4-6-13(14)2)18(23)9-16-12-25-19(21-16)17-8-15(20)11-24-17/h4-8,11-12H,3,9-10H2,1-2H3. The van der Waals surface area contributed by atoms with Crippen LogP contribution in [-0.4, -0.2) is 22.3 Å². The van der Waals surface area contributed by atoms with Gasteiger partial charge in [0.05, 0.1) is 17.0 Å². The zero-order chi connectivity index (χ0) is 17.8. The van der Waals surface area contributed by atoms with Crippen LogP contribution in [0.4, 0.5) is 0 Å². The molecule has 2 heterocycles. The highest BCUT2D eigenvalue weighted by atomic mass is 79.9. The summed E-state index contributed by atoms with van der Waals surface area (Å²) in [7, 11) is 0. The molecule has 130 valence electrons. The molecule has 0 saturated heterocycles. The van der Waals surface area contributed by atoms with Crippen molar-refractivity contribution >= 4 is 44.5 Å². The zero-order valence-electron chi connectivity index (χ0n) is 14.2. The summed E-state index contributed by atoms with van der Waals surface area (Å²) in [6.07, 6.45) is 0.350. The molecule has 2 aromatic heterocycles. The van der Waals surface area contributed by atoms with E-state index in [0.29, 0.717) is 19.5 Å². The average Bonchev–Trinajstić information content (AvgIpc) is 3.23. The number of aromatic nitrogens is 1. The first-order valence-corrected chi connectivity index (χ1v) is 10.6. The number of benzene rings is 1. The first-order valence-electron chi connectivity index (χ1n) is 8.08. The first-order chi connectivity index (χ1) is 12.1. The number of thiophene rings is 1. The summed E-state index contributed by atoms with van der Waals surface area (Å²) in [4.78, 5) is 20.4. The zero-order valence-corrected chi connectivity index (χ0v) is 17.4. The van der Waals surface area contributed by atoms with E-state index in [1.54, 1.807) is 22.7 Å². The van der Waals surface area contributed by atoms with E-state index in [1.165, 1.54) is 11.1 Å².